The number of ether oxygens (including phenoxy) is 1. The molecule has 16 heavy (non-hydrogen) atoms. The van der Waals surface area contributed by atoms with Crippen LogP contribution in [-0.2, 0) is 4.74 Å². The summed E-state index contributed by atoms with van der Waals surface area (Å²) in [7, 11) is 0. The van der Waals surface area contributed by atoms with Crippen molar-refractivity contribution in [3.05, 3.63) is 23.4 Å². The zero-order valence-corrected chi connectivity index (χ0v) is 10.5. The van der Waals surface area contributed by atoms with E-state index in [0.717, 1.165) is 32.2 Å². The molecule has 0 atom stereocenters. The van der Waals surface area contributed by atoms with Gasteiger partial charge in [-0.15, -0.1) is 0 Å². The van der Waals surface area contributed by atoms with Crippen LogP contribution in [0.15, 0.2) is 23.4 Å². The van der Waals surface area contributed by atoms with Crippen molar-refractivity contribution in [3.8, 4) is 0 Å². The van der Waals surface area contributed by atoms with Crippen molar-refractivity contribution >= 4 is 0 Å². The highest BCUT2D eigenvalue weighted by Gasteiger charge is 2.17. The Hall–Kier alpha value is -0.760. The molecule has 1 aliphatic heterocycles. The summed E-state index contributed by atoms with van der Waals surface area (Å²) < 4.78 is 5.42. The highest BCUT2D eigenvalue weighted by Crippen LogP contribution is 2.27. The second-order valence-electron chi connectivity index (χ2n) is 5.13. The van der Waals surface area contributed by atoms with E-state index in [1.807, 2.05) is 0 Å². The first-order chi connectivity index (χ1) is 7.77. The number of rotatable bonds is 3. The molecule has 0 bridgehead atoms. The second kappa shape index (κ2) is 5.53. The molecule has 0 unspecified atom stereocenters. The van der Waals surface area contributed by atoms with Gasteiger partial charge in [0.2, 0.25) is 0 Å². The van der Waals surface area contributed by atoms with Crippen molar-refractivity contribution in [2.45, 2.75) is 33.1 Å². The van der Waals surface area contributed by atoms with Crippen LogP contribution >= 0.6 is 0 Å². The second-order valence-corrected chi connectivity index (χ2v) is 5.13. The van der Waals surface area contributed by atoms with E-state index in [2.05, 4.69) is 30.9 Å². The van der Waals surface area contributed by atoms with Crippen LogP contribution in [0.1, 0.15) is 33.1 Å². The molecular weight excluding hydrogens is 198 g/mol. The average Bonchev–Trinajstić information content (AvgIpc) is 2.30. The summed E-state index contributed by atoms with van der Waals surface area (Å²) in [4.78, 5) is 2.50. The van der Waals surface area contributed by atoms with E-state index < -0.39 is 0 Å². The summed E-state index contributed by atoms with van der Waals surface area (Å²) in [6.45, 7) is 8.49. The maximum atomic E-state index is 5.42. The Balaban J connectivity index is 2.11. The molecule has 2 aliphatic rings. The van der Waals surface area contributed by atoms with Crippen LogP contribution in [0, 0.1) is 5.92 Å². The molecule has 0 saturated carbocycles. The smallest absolute Gasteiger partial charge is 0.0642 e. The van der Waals surface area contributed by atoms with Gasteiger partial charge in [0, 0.05) is 18.8 Å². The fraction of sp³-hybridized carbons (Fsp3) is 0.714. The van der Waals surface area contributed by atoms with E-state index in [1.165, 1.54) is 25.0 Å². The monoisotopic (exact) mass is 221 g/mol. The van der Waals surface area contributed by atoms with E-state index >= 15 is 0 Å². The van der Waals surface area contributed by atoms with Gasteiger partial charge in [-0.05, 0) is 36.8 Å². The van der Waals surface area contributed by atoms with Gasteiger partial charge in [0.25, 0.3) is 0 Å². The van der Waals surface area contributed by atoms with Crippen molar-refractivity contribution in [2.75, 3.05) is 26.3 Å². The largest absolute Gasteiger partial charge is 0.378 e. The lowest BCUT2D eigenvalue weighted by Crippen LogP contribution is -2.36. The van der Waals surface area contributed by atoms with Gasteiger partial charge in [-0.2, -0.15) is 0 Å². The fourth-order valence-electron chi connectivity index (χ4n) is 2.53. The summed E-state index contributed by atoms with van der Waals surface area (Å²) in [5.41, 5.74) is 3.14. The predicted octanol–water partition coefficient (Wildman–Crippen LogP) is 2.97. The summed E-state index contributed by atoms with van der Waals surface area (Å²) in [6.07, 6.45) is 8.36. The van der Waals surface area contributed by atoms with Gasteiger partial charge in [0.1, 0.15) is 0 Å². The lowest BCUT2D eigenvalue weighted by molar-refractivity contribution is 0.0545. The lowest BCUT2D eigenvalue weighted by atomic mass is 9.93. The fourth-order valence-corrected chi connectivity index (χ4v) is 2.53. The molecule has 2 rings (SSSR count). The first kappa shape index (κ1) is 11.7. The number of hydrogen-bond acceptors (Lipinski definition) is 2. The van der Waals surface area contributed by atoms with Gasteiger partial charge in [-0.25, -0.2) is 0 Å². The van der Waals surface area contributed by atoms with Crippen LogP contribution in [-0.4, -0.2) is 31.2 Å². The van der Waals surface area contributed by atoms with Gasteiger partial charge in [-0.1, -0.05) is 19.9 Å². The molecule has 1 aliphatic carbocycles. The molecule has 1 saturated heterocycles. The van der Waals surface area contributed by atoms with Crippen LogP contribution in [0.2, 0.25) is 0 Å². The zero-order chi connectivity index (χ0) is 11.4. The normalized spacial score (nSPS) is 22.1. The molecule has 2 heteroatoms. The molecular formula is C14H23NO. The van der Waals surface area contributed by atoms with Crippen molar-refractivity contribution in [2.24, 2.45) is 5.92 Å². The minimum absolute atomic E-state index is 0.762. The first-order valence-corrected chi connectivity index (χ1v) is 6.48. The zero-order valence-electron chi connectivity index (χ0n) is 10.5. The summed E-state index contributed by atoms with van der Waals surface area (Å²) in [5.74, 6) is 0.762. The van der Waals surface area contributed by atoms with Crippen LogP contribution in [0.4, 0.5) is 0 Å². The molecule has 0 spiro atoms. The highest BCUT2D eigenvalue weighted by molar-refractivity contribution is 5.29. The number of nitrogens with zero attached hydrogens (tertiary/aromatic N) is 1. The maximum Gasteiger partial charge on any atom is 0.0642 e. The first-order valence-electron chi connectivity index (χ1n) is 6.48. The quantitative estimate of drug-likeness (QED) is 0.726. The standard InChI is InChI=1S/C14H23NO/c1-12(2)11-13-5-3-4-6-14(13)15-7-9-16-10-8-15/h4,6,12H,3,5,7-11H2,1-2H3. The minimum atomic E-state index is 0.762. The van der Waals surface area contributed by atoms with Crippen LogP contribution in [0.25, 0.3) is 0 Å². The van der Waals surface area contributed by atoms with Crippen molar-refractivity contribution in [1.29, 1.82) is 0 Å². The number of morpholine rings is 1. The molecule has 0 amide bonds. The minimum Gasteiger partial charge on any atom is -0.378 e. The number of allylic oxidation sites excluding steroid dienone is 3. The molecule has 90 valence electrons. The van der Waals surface area contributed by atoms with E-state index in [4.69, 9.17) is 4.74 Å². The molecule has 0 aromatic heterocycles. The Morgan fingerprint density at radius 1 is 1.31 bits per heavy atom. The summed E-state index contributed by atoms with van der Waals surface area (Å²) in [6, 6.07) is 0. The Morgan fingerprint density at radius 3 is 2.75 bits per heavy atom. The summed E-state index contributed by atoms with van der Waals surface area (Å²) >= 11 is 0. The van der Waals surface area contributed by atoms with Gasteiger partial charge in [0.05, 0.1) is 13.2 Å². The molecule has 1 heterocycles. The molecule has 0 aromatic rings. The Bertz CT molecular complexity index is 285. The van der Waals surface area contributed by atoms with Crippen LogP contribution < -0.4 is 0 Å². The molecule has 2 nitrogen and oxygen atoms in total. The Kier molecular flexibility index (Phi) is 4.05. The van der Waals surface area contributed by atoms with Gasteiger partial charge in [-0.3, -0.25) is 0 Å². The summed E-state index contributed by atoms with van der Waals surface area (Å²) in [5, 5.41) is 0. The topological polar surface area (TPSA) is 12.5 Å². The third kappa shape index (κ3) is 2.88. The average molecular weight is 221 g/mol. The Morgan fingerprint density at radius 2 is 2.06 bits per heavy atom. The molecule has 0 radical (unpaired) electrons. The van der Waals surface area contributed by atoms with Crippen LogP contribution in [0.3, 0.4) is 0 Å². The van der Waals surface area contributed by atoms with Crippen molar-refractivity contribution in [3.63, 3.8) is 0 Å². The molecule has 1 fully saturated rings. The van der Waals surface area contributed by atoms with Gasteiger partial charge >= 0.3 is 0 Å². The van der Waals surface area contributed by atoms with Gasteiger partial charge < -0.3 is 9.64 Å². The number of hydrogen-bond donors (Lipinski definition) is 0. The Labute approximate surface area is 99.0 Å². The molecule has 0 N–H and O–H groups in total. The van der Waals surface area contributed by atoms with Crippen LogP contribution in [0.5, 0.6) is 0 Å². The van der Waals surface area contributed by atoms with Gasteiger partial charge in [0.15, 0.2) is 0 Å². The van der Waals surface area contributed by atoms with Crippen molar-refractivity contribution in [1.82, 2.24) is 4.90 Å². The van der Waals surface area contributed by atoms with E-state index in [9.17, 15) is 0 Å². The van der Waals surface area contributed by atoms with E-state index in [1.54, 1.807) is 5.57 Å². The highest BCUT2D eigenvalue weighted by atomic mass is 16.5. The SMILES string of the molecule is CC(C)CC1=C(N2CCOCC2)C=CCC1. The predicted molar refractivity (Wildman–Crippen MR) is 67.2 cm³/mol. The molecule has 0 aromatic carbocycles. The third-order valence-corrected chi connectivity index (χ3v) is 3.26. The van der Waals surface area contributed by atoms with E-state index in [0.29, 0.717) is 0 Å². The third-order valence-electron chi connectivity index (χ3n) is 3.26. The maximum absolute atomic E-state index is 5.42. The lowest BCUT2D eigenvalue weighted by Gasteiger charge is -2.33. The van der Waals surface area contributed by atoms with E-state index in [-0.39, 0.29) is 0 Å². The van der Waals surface area contributed by atoms with Crippen molar-refractivity contribution < 1.29 is 4.74 Å².